The van der Waals surface area contributed by atoms with Crippen molar-refractivity contribution >= 4 is 53.3 Å². The zero-order chi connectivity index (χ0) is 21.2. The molecular weight excluding hydrogens is 511 g/mol. The van der Waals surface area contributed by atoms with Crippen LogP contribution in [0.5, 0.6) is 5.75 Å². The third kappa shape index (κ3) is 8.06. The molecule has 0 saturated carbocycles. The summed E-state index contributed by atoms with van der Waals surface area (Å²) in [5, 5.41) is 6.14. The second-order valence-corrected chi connectivity index (χ2v) is 7.47. The van der Waals surface area contributed by atoms with Crippen LogP contribution in [0.3, 0.4) is 0 Å². The van der Waals surface area contributed by atoms with Crippen molar-refractivity contribution in [1.29, 1.82) is 0 Å². The molecule has 8 heteroatoms. The number of benzene rings is 2. The third-order valence-corrected chi connectivity index (χ3v) is 5.00. The molecule has 2 aromatic rings. The fourth-order valence-corrected chi connectivity index (χ4v) is 3.26. The minimum atomic E-state index is -0.135. The van der Waals surface area contributed by atoms with Gasteiger partial charge in [-0.05, 0) is 48.6 Å². The van der Waals surface area contributed by atoms with E-state index >= 15 is 0 Å². The monoisotopic (exact) mass is 542 g/mol. The van der Waals surface area contributed by atoms with E-state index in [-0.39, 0.29) is 29.9 Å². The first-order valence-corrected chi connectivity index (χ1v) is 10.8. The smallest absolute Gasteiger partial charge is 0.221 e. The van der Waals surface area contributed by atoms with Crippen LogP contribution in [0.25, 0.3) is 0 Å². The number of anilines is 1. The maximum atomic E-state index is 11.4. The second kappa shape index (κ2) is 13.4. The zero-order valence-electron chi connectivity index (χ0n) is 18.2. The SMILES string of the molecule is CCNC(=NCc1ccc(OC)c(NC(C)=O)c1)N(C)Cc1ccc(SC)cc1.I. The number of ether oxygens (including phenoxy) is 1. The van der Waals surface area contributed by atoms with E-state index in [0.29, 0.717) is 18.0 Å². The lowest BCUT2D eigenvalue weighted by Gasteiger charge is -2.22. The summed E-state index contributed by atoms with van der Waals surface area (Å²) in [6.45, 7) is 5.58. The van der Waals surface area contributed by atoms with E-state index in [4.69, 9.17) is 9.73 Å². The van der Waals surface area contributed by atoms with Crippen molar-refractivity contribution in [2.24, 2.45) is 4.99 Å². The predicted molar refractivity (Wildman–Crippen MR) is 137 cm³/mol. The van der Waals surface area contributed by atoms with E-state index in [1.54, 1.807) is 18.9 Å². The lowest BCUT2D eigenvalue weighted by Crippen LogP contribution is -2.38. The van der Waals surface area contributed by atoms with E-state index in [9.17, 15) is 4.79 Å². The Hall–Kier alpha value is -1.94. The molecule has 164 valence electrons. The number of methoxy groups -OCH3 is 1. The molecule has 0 saturated heterocycles. The summed E-state index contributed by atoms with van der Waals surface area (Å²) < 4.78 is 5.31. The van der Waals surface area contributed by atoms with E-state index < -0.39 is 0 Å². The molecule has 0 atom stereocenters. The Balaban J connectivity index is 0.00000450. The number of aliphatic imine (C=N–C) groups is 1. The first-order chi connectivity index (χ1) is 14.0. The Morgan fingerprint density at radius 1 is 1.17 bits per heavy atom. The summed E-state index contributed by atoms with van der Waals surface area (Å²) in [6, 6.07) is 14.3. The third-order valence-electron chi connectivity index (χ3n) is 4.26. The number of thioether (sulfide) groups is 1. The van der Waals surface area contributed by atoms with Crippen molar-refractivity contribution in [2.45, 2.75) is 31.8 Å². The van der Waals surface area contributed by atoms with Gasteiger partial charge in [-0.2, -0.15) is 0 Å². The van der Waals surface area contributed by atoms with Gasteiger partial charge in [-0.1, -0.05) is 18.2 Å². The van der Waals surface area contributed by atoms with Gasteiger partial charge in [0, 0.05) is 32.0 Å². The molecule has 1 amide bonds. The van der Waals surface area contributed by atoms with Gasteiger partial charge in [0.05, 0.1) is 19.3 Å². The van der Waals surface area contributed by atoms with E-state index in [1.165, 1.54) is 17.4 Å². The van der Waals surface area contributed by atoms with Gasteiger partial charge in [0.2, 0.25) is 5.91 Å². The molecule has 0 aliphatic heterocycles. The summed E-state index contributed by atoms with van der Waals surface area (Å²) in [5.41, 5.74) is 2.87. The van der Waals surface area contributed by atoms with Gasteiger partial charge in [-0.3, -0.25) is 4.79 Å². The number of rotatable bonds is 8. The molecule has 0 aromatic heterocycles. The Bertz CT molecular complexity index is 844. The summed E-state index contributed by atoms with van der Waals surface area (Å²) in [7, 11) is 3.61. The summed E-state index contributed by atoms with van der Waals surface area (Å²) in [6.07, 6.45) is 2.08. The van der Waals surface area contributed by atoms with Crippen LogP contribution in [0.15, 0.2) is 52.4 Å². The minimum absolute atomic E-state index is 0. The molecule has 30 heavy (non-hydrogen) atoms. The highest BCUT2D eigenvalue weighted by atomic mass is 127. The molecule has 0 bridgehead atoms. The van der Waals surface area contributed by atoms with Gasteiger partial charge < -0.3 is 20.3 Å². The molecule has 0 heterocycles. The topological polar surface area (TPSA) is 66.0 Å². The molecule has 0 aliphatic rings. The van der Waals surface area contributed by atoms with Crippen molar-refractivity contribution in [3.63, 3.8) is 0 Å². The van der Waals surface area contributed by atoms with Crippen molar-refractivity contribution < 1.29 is 9.53 Å². The van der Waals surface area contributed by atoms with Gasteiger partial charge in [0.1, 0.15) is 5.75 Å². The normalized spacial score (nSPS) is 10.8. The Morgan fingerprint density at radius 2 is 1.83 bits per heavy atom. The lowest BCUT2D eigenvalue weighted by atomic mass is 10.2. The molecule has 0 fully saturated rings. The molecule has 2 aromatic carbocycles. The van der Waals surface area contributed by atoms with E-state index in [2.05, 4.69) is 53.0 Å². The summed E-state index contributed by atoms with van der Waals surface area (Å²) >= 11 is 1.74. The van der Waals surface area contributed by atoms with Gasteiger partial charge in [-0.25, -0.2) is 4.99 Å². The van der Waals surface area contributed by atoms with Gasteiger partial charge in [-0.15, -0.1) is 35.7 Å². The number of carbonyl (C=O) groups excluding carboxylic acids is 1. The number of amides is 1. The van der Waals surface area contributed by atoms with Crippen molar-refractivity contribution in [3.05, 3.63) is 53.6 Å². The fourth-order valence-electron chi connectivity index (χ4n) is 2.86. The molecular formula is C22H31IN4O2S. The maximum absolute atomic E-state index is 11.4. The van der Waals surface area contributed by atoms with Crippen LogP contribution in [0, 0.1) is 0 Å². The quantitative estimate of drug-likeness (QED) is 0.221. The molecule has 0 aliphatic carbocycles. The standard InChI is InChI=1S/C22H30N4O2S.HI/c1-6-23-22(26(3)15-17-7-10-19(29-5)11-8-17)24-14-18-9-12-21(28-4)20(13-18)25-16(2)27;/h7-13H,6,14-15H2,1-5H3,(H,23,24)(H,25,27);1H. The van der Waals surface area contributed by atoms with Crippen LogP contribution in [0.2, 0.25) is 0 Å². The molecule has 6 nitrogen and oxygen atoms in total. The maximum Gasteiger partial charge on any atom is 0.221 e. The Labute approximate surface area is 200 Å². The number of carbonyl (C=O) groups is 1. The molecule has 2 rings (SSSR count). The van der Waals surface area contributed by atoms with Crippen LogP contribution in [0.1, 0.15) is 25.0 Å². The molecule has 0 spiro atoms. The van der Waals surface area contributed by atoms with Gasteiger partial charge in [0.15, 0.2) is 5.96 Å². The molecule has 0 unspecified atom stereocenters. The Morgan fingerprint density at radius 3 is 2.40 bits per heavy atom. The van der Waals surface area contributed by atoms with E-state index in [1.807, 2.05) is 25.2 Å². The molecule has 2 N–H and O–H groups in total. The number of hydrogen-bond donors (Lipinski definition) is 2. The lowest BCUT2D eigenvalue weighted by molar-refractivity contribution is -0.114. The zero-order valence-corrected chi connectivity index (χ0v) is 21.3. The van der Waals surface area contributed by atoms with Gasteiger partial charge in [0.25, 0.3) is 0 Å². The van der Waals surface area contributed by atoms with Crippen LogP contribution in [-0.4, -0.2) is 43.7 Å². The average molecular weight is 542 g/mol. The summed E-state index contributed by atoms with van der Waals surface area (Å²) in [4.78, 5) is 19.6. The summed E-state index contributed by atoms with van der Waals surface area (Å²) in [5.74, 6) is 1.33. The van der Waals surface area contributed by atoms with Crippen LogP contribution >= 0.6 is 35.7 Å². The van der Waals surface area contributed by atoms with Crippen LogP contribution in [0.4, 0.5) is 5.69 Å². The fraction of sp³-hybridized carbons (Fsp3) is 0.364. The first-order valence-electron chi connectivity index (χ1n) is 9.53. The number of guanidine groups is 1. The number of nitrogens with one attached hydrogen (secondary N) is 2. The highest BCUT2D eigenvalue weighted by molar-refractivity contribution is 14.0. The highest BCUT2D eigenvalue weighted by Crippen LogP contribution is 2.26. The largest absolute Gasteiger partial charge is 0.495 e. The van der Waals surface area contributed by atoms with Crippen molar-refractivity contribution in [3.8, 4) is 5.75 Å². The van der Waals surface area contributed by atoms with Crippen molar-refractivity contribution in [1.82, 2.24) is 10.2 Å². The highest BCUT2D eigenvalue weighted by Gasteiger charge is 2.09. The van der Waals surface area contributed by atoms with Gasteiger partial charge >= 0.3 is 0 Å². The van der Waals surface area contributed by atoms with E-state index in [0.717, 1.165) is 24.6 Å². The molecule has 0 radical (unpaired) electrons. The first kappa shape index (κ1) is 26.1. The Kier molecular flexibility index (Phi) is 11.6. The van der Waals surface area contributed by atoms with Crippen molar-refractivity contribution in [2.75, 3.05) is 32.3 Å². The predicted octanol–water partition coefficient (Wildman–Crippen LogP) is 4.59. The number of hydrogen-bond acceptors (Lipinski definition) is 4. The average Bonchev–Trinajstić information content (AvgIpc) is 2.71. The second-order valence-electron chi connectivity index (χ2n) is 6.59. The minimum Gasteiger partial charge on any atom is -0.495 e. The number of halogens is 1. The number of nitrogens with zero attached hydrogens (tertiary/aromatic N) is 2. The van der Waals surface area contributed by atoms with Crippen LogP contribution < -0.4 is 15.4 Å². The van der Waals surface area contributed by atoms with Crippen LogP contribution in [-0.2, 0) is 17.9 Å².